The Bertz CT molecular complexity index is 502. The lowest BCUT2D eigenvalue weighted by atomic mass is 9.81. The molecule has 1 aliphatic rings. The summed E-state index contributed by atoms with van der Waals surface area (Å²) >= 11 is 0. The quantitative estimate of drug-likeness (QED) is 0.868. The highest BCUT2D eigenvalue weighted by molar-refractivity contribution is 5.95. The number of hydrogen-bond acceptors (Lipinski definition) is 3. The third-order valence-electron chi connectivity index (χ3n) is 4.65. The SMILES string of the molecule is CCn1c(C)cc(C(=O)NCC2(CO)CCOCC2)c1C. The molecule has 5 heteroatoms. The second kappa shape index (κ2) is 6.62. The van der Waals surface area contributed by atoms with Gasteiger partial charge in [-0.2, -0.15) is 0 Å². The van der Waals surface area contributed by atoms with Gasteiger partial charge >= 0.3 is 0 Å². The Balaban J connectivity index is 2.04. The van der Waals surface area contributed by atoms with E-state index in [2.05, 4.69) is 16.8 Å². The van der Waals surface area contributed by atoms with Crippen LogP contribution in [0.2, 0.25) is 0 Å². The number of aromatic nitrogens is 1. The molecule has 0 spiro atoms. The van der Waals surface area contributed by atoms with E-state index in [1.807, 2.05) is 19.9 Å². The van der Waals surface area contributed by atoms with Crippen molar-refractivity contribution in [2.24, 2.45) is 5.41 Å². The fourth-order valence-electron chi connectivity index (χ4n) is 3.08. The number of amides is 1. The van der Waals surface area contributed by atoms with Gasteiger partial charge in [-0.05, 0) is 39.7 Å². The van der Waals surface area contributed by atoms with Crippen molar-refractivity contribution >= 4 is 5.91 Å². The Morgan fingerprint density at radius 3 is 2.62 bits per heavy atom. The molecule has 0 aliphatic carbocycles. The van der Waals surface area contributed by atoms with E-state index in [1.165, 1.54) is 0 Å². The van der Waals surface area contributed by atoms with Crippen LogP contribution in [0.4, 0.5) is 0 Å². The Labute approximate surface area is 126 Å². The number of hydrogen-bond donors (Lipinski definition) is 2. The average molecular weight is 294 g/mol. The predicted molar refractivity (Wildman–Crippen MR) is 81.5 cm³/mol. The molecule has 1 aromatic heterocycles. The summed E-state index contributed by atoms with van der Waals surface area (Å²) in [6.07, 6.45) is 1.58. The molecule has 1 aliphatic heterocycles. The molecule has 1 fully saturated rings. The van der Waals surface area contributed by atoms with Crippen LogP contribution in [0.25, 0.3) is 0 Å². The first-order valence-corrected chi connectivity index (χ1v) is 7.66. The molecule has 21 heavy (non-hydrogen) atoms. The van der Waals surface area contributed by atoms with Gasteiger partial charge in [-0.1, -0.05) is 0 Å². The Hall–Kier alpha value is -1.33. The molecule has 0 radical (unpaired) electrons. The molecule has 118 valence electrons. The number of carbonyl (C=O) groups is 1. The fraction of sp³-hybridized carbons (Fsp3) is 0.688. The van der Waals surface area contributed by atoms with Crippen molar-refractivity contribution in [3.05, 3.63) is 23.0 Å². The van der Waals surface area contributed by atoms with Gasteiger partial charge in [0.2, 0.25) is 0 Å². The van der Waals surface area contributed by atoms with Gasteiger partial charge in [0.05, 0.1) is 12.2 Å². The van der Waals surface area contributed by atoms with Crippen LogP contribution in [0, 0.1) is 19.3 Å². The summed E-state index contributed by atoms with van der Waals surface area (Å²) < 4.78 is 7.47. The first-order chi connectivity index (χ1) is 10.0. The molecule has 0 unspecified atom stereocenters. The minimum absolute atomic E-state index is 0.0536. The molecule has 2 N–H and O–H groups in total. The van der Waals surface area contributed by atoms with Gasteiger partial charge in [-0.3, -0.25) is 4.79 Å². The molecule has 0 aromatic carbocycles. The summed E-state index contributed by atoms with van der Waals surface area (Å²) in [4.78, 5) is 12.4. The molecular weight excluding hydrogens is 268 g/mol. The van der Waals surface area contributed by atoms with E-state index >= 15 is 0 Å². The topological polar surface area (TPSA) is 63.5 Å². The maximum absolute atomic E-state index is 12.4. The summed E-state index contributed by atoms with van der Waals surface area (Å²) in [6, 6.07) is 1.93. The Morgan fingerprint density at radius 1 is 1.43 bits per heavy atom. The van der Waals surface area contributed by atoms with E-state index in [-0.39, 0.29) is 17.9 Å². The lowest BCUT2D eigenvalue weighted by Crippen LogP contribution is -2.43. The highest BCUT2D eigenvalue weighted by atomic mass is 16.5. The van der Waals surface area contributed by atoms with Crippen LogP contribution in [0.15, 0.2) is 6.07 Å². The van der Waals surface area contributed by atoms with Gasteiger partial charge in [0, 0.05) is 43.1 Å². The van der Waals surface area contributed by atoms with Crippen LogP contribution in [0.3, 0.4) is 0 Å². The molecule has 0 bridgehead atoms. The van der Waals surface area contributed by atoms with Gasteiger partial charge < -0.3 is 19.7 Å². The van der Waals surface area contributed by atoms with Gasteiger partial charge in [-0.15, -0.1) is 0 Å². The van der Waals surface area contributed by atoms with Crippen molar-refractivity contribution in [1.29, 1.82) is 0 Å². The second-order valence-electron chi connectivity index (χ2n) is 5.98. The number of ether oxygens (including phenoxy) is 1. The zero-order valence-electron chi connectivity index (χ0n) is 13.2. The van der Waals surface area contributed by atoms with Gasteiger partial charge in [0.25, 0.3) is 5.91 Å². The zero-order valence-corrected chi connectivity index (χ0v) is 13.2. The minimum atomic E-state index is -0.232. The standard InChI is InChI=1S/C16H26N2O3/c1-4-18-12(2)9-14(13(18)3)15(20)17-10-16(11-19)5-7-21-8-6-16/h9,19H,4-8,10-11H2,1-3H3,(H,17,20). The summed E-state index contributed by atoms with van der Waals surface area (Å²) in [5.74, 6) is -0.0536. The van der Waals surface area contributed by atoms with Crippen LogP contribution in [-0.2, 0) is 11.3 Å². The molecule has 0 atom stereocenters. The van der Waals surface area contributed by atoms with Gasteiger partial charge in [0.15, 0.2) is 0 Å². The lowest BCUT2D eigenvalue weighted by Gasteiger charge is -2.35. The molecule has 1 saturated heterocycles. The number of aliphatic hydroxyl groups excluding tert-OH is 1. The van der Waals surface area contributed by atoms with E-state index in [4.69, 9.17) is 4.74 Å². The normalized spacial score (nSPS) is 17.7. The summed E-state index contributed by atoms with van der Waals surface area (Å²) in [7, 11) is 0. The van der Waals surface area contributed by atoms with Crippen molar-refractivity contribution in [2.75, 3.05) is 26.4 Å². The van der Waals surface area contributed by atoms with Crippen LogP contribution in [-0.4, -0.2) is 41.9 Å². The minimum Gasteiger partial charge on any atom is -0.396 e. The van der Waals surface area contributed by atoms with Crippen molar-refractivity contribution < 1.29 is 14.6 Å². The van der Waals surface area contributed by atoms with Crippen molar-refractivity contribution in [1.82, 2.24) is 9.88 Å². The number of nitrogens with one attached hydrogen (secondary N) is 1. The molecule has 2 rings (SSSR count). The number of rotatable bonds is 5. The summed E-state index contributed by atoms with van der Waals surface area (Å²) in [6.45, 7) is 8.82. The van der Waals surface area contributed by atoms with E-state index in [0.717, 1.165) is 36.3 Å². The van der Waals surface area contributed by atoms with E-state index < -0.39 is 0 Å². The van der Waals surface area contributed by atoms with Crippen molar-refractivity contribution in [3.63, 3.8) is 0 Å². The highest BCUT2D eigenvalue weighted by Crippen LogP contribution is 2.29. The van der Waals surface area contributed by atoms with Crippen molar-refractivity contribution in [3.8, 4) is 0 Å². The van der Waals surface area contributed by atoms with Crippen LogP contribution in [0.5, 0.6) is 0 Å². The Kier molecular flexibility index (Phi) is 5.06. The van der Waals surface area contributed by atoms with Crippen molar-refractivity contribution in [2.45, 2.75) is 40.2 Å². The average Bonchev–Trinajstić information content (AvgIpc) is 2.80. The zero-order chi connectivity index (χ0) is 15.5. The van der Waals surface area contributed by atoms with Crippen LogP contribution < -0.4 is 5.32 Å². The molecule has 5 nitrogen and oxygen atoms in total. The first-order valence-electron chi connectivity index (χ1n) is 7.66. The predicted octanol–water partition coefficient (Wildman–Crippen LogP) is 1.64. The number of nitrogens with zero attached hydrogens (tertiary/aromatic N) is 1. The van der Waals surface area contributed by atoms with E-state index in [0.29, 0.717) is 19.8 Å². The molecule has 2 heterocycles. The maximum Gasteiger partial charge on any atom is 0.253 e. The maximum atomic E-state index is 12.4. The lowest BCUT2D eigenvalue weighted by molar-refractivity contribution is -0.0146. The Morgan fingerprint density at radius 2 is 2.10 bits per heavy atom. The molecule has 0 saturated carbocycles. The third kappa shape index (κ3) is 3.30. The van der Waals surface area contributed by atoms with Gasteiger partial charge in [0.1, 0.15) is 0 Å². The number of aryl methyl sites for hydroxylation is 1. The smallest absolute Gasteiger partial charge is 0.253 e. The fourth-order valence-corrected chi connectivity index (χ4v) is 3.08. The molecular formula is C16H26N2O3. The van der Waals surface area contributed by atoms with E-state index in [1.54, 1.807) is 0 Å². The van der Waals surface area contributed by atoms with Crippen LogP contribution in [0.1, 0.15) is 41.5 Å². The first kappa shape index (κ1) is 16.0. The number of carbonyl (C=O) groups excluding carboxylic acids is 1. The van der Waals surface area contributed by atoms with Gasteiger partial charge in [-0.25, -0.2) is 0 Å². The summed E-state index contributed by atoms with van der Waals surface area (Å²) in [5.41, 5.74) is 2.60. The summed E-state index contributed by atoms with van der Waals surface area (Å²) in [5, 5.41) is 12.7. The van der Waals surface area contributed by atoms with E-state index in [9.17, 15) is 9.90 Å². The number of aliphatic hydroxyl groups is 1. The monoisotopic (exact) mass is 294 g/mol. The molecule has 1 amide bonds. The van der Waals surface area contributed by atoms with Crippen LogP contribution >= 0.6 is 0 Å². The molecule has 1 aromatic rings. The highest BCUT2D eigenvalue weighted by Gasteiger charge is 2.32. The second-order valence-corrected chi connectivity index (χ2v) is 5.98. The third-order valence-corrected chi connectivity index (χ3v) is 4.65. The largest absolute Gasteiger partial charge is 0.396 e.